The molecule has 1 heterocycles. The first kappa shape index (κ1) is 11.3. The van der Waals surface area contributed by atoms with Gasteiger partial charge in [-0.15, -0.1) is 0 Å². The standard InChI is InChI=1S/C10H20N2O2/c1-3-10(14,4-2)8-12-7-5-6-11-9(12)13/h14H,3-8H2,1-2H3,(H,11,13). The summed E-state index contributed by atoms with van der Waals surface area (Å²) in [5.74, 6) is 0. The molecule has 0 bridgehead atoms. The lowest BCUT2D eigenvalue weighted by molar-refractivity contribution is 0.00405. The van der Waals surface area contributed by atoms with E-state index >= 15 is 0 Å². The maximum Gasteiger partial charge on any atom is 0.317 e. The minimum atomic E-state index is -0.714. The Bertz CT molecular complexity index is 202. The number of aliphatic hydroxyl groups is 1. The third kappa shape index (κ3) is 2.61. The Balaban J connectivity index is 2.52. The van der Waals surface area contributed by atoms with E-state index in [0.29, 0.717) is 19.4 Å². The summed E-state index contributed by atoms with van der Waals surface area (Å²) in [6, 6.07) is -0.0448. The van der Waals surface area contributed by atoms with Gasteiger partial charge < -0.3 is 15.3 Å². The lowest BCUT2D eigenvalue weighted by Crippen LogP contribution is -2.52. The van der Waals surface area contributed by atoms with Crippen molar-refractivity contribution in [3.05, 3.63) is 0 Å². The van der Waals surface area contributed by atoms with Crippen molar-refractivity contribution in [3.63, 3.8) is 0 Å². The molecule has 2 N–H and O–H groups in total. The Labute approximate surface area is 85.3 Å². The second kappa shape index (κ2) is 4.64. The van der Waals surface area contributed by atoms with Crippen LogP contribution in [0, 0.1) is 0 Å². The lowest BCUT2D eigenvalue weighted by atomic mass is 9.96. The van der Waals surface area contributed by atoms with Crippen molar-refractivity contribution < 1.29 is 9.90 Å². The molecule has 1 saturated heterocycles. The Hall–Kier alpha value is -0.770. The molecule has 4 nitrogen and oxygen atoms in total. The van der Waals surface area contributed by atoms with Gasteiger partial charge in [-0.05, 0) is 19.3 Å². The zero-order valence-electron chi connectivity index (χ0n) is 9.05. The lowest BCUT2D eigenvalue weighted by Gasteiger charge is -2.35. The Morgan fingerprint density at radius 3 is 2.64 bits per heavy atom. The van der Waals surface area contributed by atoms with Crippen LogP contribution >= 0.6 is 0 Å². The van der Waals surface area contributed by atoms with E-state index in [2.05, 4.69) is 5.32 Å². The smallest absolute Gasteiger partial charge is 0.317 e. The van der Waals surface area contributed by atoms with Crippen LogP contribution in [-0.2, 0) is 0 Å². The summed E-state index contributed by atoms with van der Waals surface area (Å²) in [4.78, 5) is 13.1. The van der Waals surface area contributed by atoms with Crippen LogP contribution in [0.2, 0.25) is 0 Å². The van der Waals surface area contributed by atoms with Gasteiger partial charge >= 0.3 is 6.03 Å². The van der Waals surface area contributed by atoms with E-state index in [4.69, 9.17) is 0 Å². The maximum absolute atomic E-state index is 11.4. The molecule has 0 aromatic heterocycles. The molecule has 1 aliphatic rings. The van der Waals surface area contributed by atoms with E-state index in [1.165, 1.54) is 0 Å². The largest absolute Gasteiger partial charge is 0.388 e. The van der Waals surface area contributed by atoms with Gasteiger partial charge in [0.15, 0.2) is 0 Å². The first-order valence-corrected chi connectivity index (χ1v) is 5.36. The van der Waals surface area contributed by atoms with Gasteiger partial charge in [-0.25, -0.2) is 4.79 Å². The molecule has 2 amide bonds. The average molecular weight is 200 g/mol. The molecule has 4 heteroatoms. The van der Waals surface area contributed by atoms with E-state index < -0.39 is 5.60 Å². The van der Waals surface area contributed by atoms with Crippen LogP contribution in [0.5, 0.6) is 0 Å². The third-order valence-electron chi connectivity index (χ3n) is 2.97. The first-order chi connectivity index (χ1) is 6.61. The van der Waals surface area contributed by atoms with Crippen LogP contribution in [0.1, 0.15) is 33.1 Å². The molecule has 1 aliphatic heterocycles. The van der Waals surface area contributed by atoms with Crippen LogP contribution in [0.4, 0.5) is 4.79 Å². The fourth-order valence-corrected chi connectivity index (χ4v) is 1.66. The molecule has 0 aliphatic carbocycles. The average Bonchev–Trinajstić information content (AvgIpc) is 2.21. The second-order valence-electron chi connectivity index (χ2n) is 3.94. The van der Waals surface area contributed by atoms with Gasteiger partial charge in [-0.1, -0.05) is 13.8 Å². The van der Waals surface area contributed by atoms with E-state index in [1.807, 2.05) is 13.8 Å². The van der Waals surface area contributed by atoms with E-state index in [9.17, 15) is 9.90 Å². The highest BCUT2D eigenvalue weighted by Gasteiger charge is 2.29. The molecular weight excluding hydrogens is 180 g/mol. The highest BCUT2D eigenvalue weighted by Crippen LogP contribution is 2.17. The molecule has 0 aromatic carbocycles. The van der Waals surface area contributed by atoms with Crippen molar-refractivity contribution in [2.24, 2.45) is 0 Å². The zero-order valence-corrected chi connectivity index (χ0v) is 9.05. The molecule has 0 atom stereocenters. The van der Waals surface area contributed by atoms with Gasteiger partial charge in [0.05, 0.1) is 12.1 Å². The molecule has 0 unspecified atom stereocenters. The Morgan fingerprint density at radius 2 is 2.14 bits per heavy atom. The summed E-state index contributed by atoms with van der Waals surface area (Å²) in [7, 11) is 0. The van der Waals surface area contributed by atoms with Gasteiger partial charge in [0.1, 0.15) is 0 Å². The molecule has 1 fully saturated rings. The number of nitrogens with one attached hydrogen (secondary N) is 1. The van der Waals surface area contributed by atoms with Crippen LogP contribution < -0.4 is 5.32 Å². The number of urea groups is 1. The van der Waals surface area contributed by atoms with Crippen LogP contribution in [0.3, 0.4) is 0 Å². The topological polar surface area (TPSA) is 52.6 Å². The molecule has 0 spiro atoms. The summed E-state index contributed by atoms with van der Waals surface area (Å²) in [6.45, 7) is 5.86. The van der Waals surface area contributed by atoms with Crippen molar-refractivity contribution >= 4 is 6.03 Å². The molecule has 0 aromatic rings. The number of hydrogen-bond acceptors (Lipinski definition) is 2. The van der Waals surface area contributed by atoms with Gasteiger partial charge in [-0.3, -0.25) is 0 Å². The van der Waals surface area contributed by atoms with Gasteiger partial charge in [0, 0.05) is 13.1 Å². The minimum Gasteiger partial charge on any atom is -0.388 e. The number of nitrogens with zero attached hydrogens (tertiary/aromatic N) is 1. The van der Waals surface area contributed by atoms with Crippen molar-refractivity contribution in [2.75, 3.05) is 19.6 Å². The van der Waals surface area contributed by atoms with Crippen LogP contribution in [0.15, 0.2) is 0 Å². The van der Waals surface area contributed by atoms with E-state index in [0.717, 1.165) is 19.5 Å². The van der Waals surface area contributed by atoms with Crippen molar-refractivity contribution in [1.82, 2.24) is 10.2 Å². The second-order valence-corrected chi connectivity index (χ2v) is 3.94. The summed E-state index contributed by atoms with van der Waals surface area (Å²) >= 11 is 0. The predicted molar refractivity (Wildman–Crippen MR) is 55.1 cm³/mol. The first-order valence-electron chi connectivity index (χ1n) is 5.36. The van der Waals surface area contributed by atoms with Crippen LogP contribution in [-0.4, -0.2) is 41.3 Å². The molecular formula is C10H20N2O2. The molecule has 82 valence electrons. The van der Waals surface area contributed by atoms with Gasteiger partial charge in [0.25, 0.3) is 0 Å². The number of carbonyl (C=O) groups excluding carboxylic acids is 1. The Kier molecular flexibility index (Phi) is 3.75. The fraction of sp³-hybridized carbons (Fsp3) is 0.900. The van der Waals surface area contributed by atoms with Crippen molar-refractivity contribution in [2.45, 2.75) is 38.7 Å². The highest BCUT2D eigenvalue weighted by molar-refractivity contribution is 5.74. The fourth-order valence-electron chi connectivity index (χ4n) is 1.66. The number of amides is 2. The molecule has 0 saturated carbocycles. The quantitative estimate of drug-likeness (QED) is 0.710. The van der Waals surface area contributed by atoms with Gasteiger partial charge in [-0.2, -0.15) is 0 Å². The SMILES string of the molecule is CCC(O)(CC)CN1CCCNC1=O. The highest BCUT2D eigenvalue weighted by atomic mass is 16.3. The number of carbonyl (C=O) groups is 1. The predicted octanol–water partition coefficient (Wildman–Crippen LogP) is 0.953. The molecule has 14 heavy (non-hydrogen) atoms. The number of rotatable bonds is 4. The normalized spacial score (nSPS) is 18.2. The molecule has 1 rings (SSSR count). The summed E-state index contributed by atoms with van der Waals surface area (Å²) < 4.78 is 0. The Morgan fingerprint density at radius 1 is 1.50 bits per heavy atom. The maximum atomic E-state index is 11.4. The summed E-state index contributed by atoms with van der Waals surface area (Å²) in [6.07, 6.45) is 2.34. The monoisotopic (exact) mass is 200 g/mol. The zero-order chi connectivity index (χ0) is 10.6. The van der Waals surface area contributed by atoms with E-state index in [1.54, 1.807) is 4.90 Å². The van der Waals surface area contributed by atoms with Crippen molar-refractivity contribution in [1.29, 1.82) is 0 Å². The summed E-state index contributed by atoms with van der Waals surface area (Å²) in [5, 5.41) is 12.9. The van der Waals surface area contributed by atoms with Gasteiger partial charge in [0.2, 0.25) is 0 Å². The van der Waals surface area contributed by atoms with E-state index in [-0.39, 0.29) is 6.03 Å². The van der Waals surface area contributed by atoms with Crippen molar-refractivity contribution in [3.8, 4) is 0 Å². The number of β-amino-alcohol motifs (C(OH)–C–C–N with tert-alkyl or cyclic N) is 1. The summed E-state index contributed by atoms with van der Waals surface area (Å²) in [5.41, 5.74) is -0.714. The molecule has 0 radical (unpaired) electrons. The number of hydrogen-bond donors (Lipinski definition) is 2. The minimum absolute atomic E-state index is 0.0448. The third-order valence-corrected chi connectivity index (χ3v) is 2.97. The van der Waals surface area contributed by atoms with Crippen LogP contribution in [0.25, 0.3) is 0 Å².